The summed E-state index contributed by atoms with van der Waals surface area (Å²) in [6, 6.07) is 0. The average molecular weight is 311 g/mol. The van der Waals surface area contributed by atoms with Crippen LogP contribution in [-0.4, -0.2) is 28.0 Å². The summed E-state index contributed by atoms with van der Waals surface area (Å²) in [5, 5.41) is 12.8. The Morgan fingerprint density at radius 2 is 2.00 bits per heavy atom. The summed E-state index contributed by atoms with van der Waals surface area (Å²) in [6.45, 7) is 0. The number of aryl methyl sites for hydroxylation is 1. The molecule has 3 rings (SSSR count). The first-order valence-electron chi connectivity index (χ1n) is 6.97. The Labute approximate surface area is 125 Å². The van der Waals surface area contributed by atoms with Gasteiger partial charge >= 0.3 is 5.97 Å². The van der Waals surface area contributed by atoms with Crippen LogP contribution in [0, 0.1) is 0 Å². The summed E-state index contributed by atoms with van der Waals surface area (Å²) in [7, 11) is 0. The molecule has 0 bridgehead atoms. The molecule has 108 valence electrons. The standard InChI is InChI=1S/C14H17NO3S2/c16-12(10-6-3-7-19-10)15-13-11(14(17)18)8-4-1-2-5-9(8)20-13/h10H,1-7H2,(H,15,16)(H,17,18). The zero-order valence-electron chi connectivity index (χ0n) is 11.1. The van der Waals surface area contributed by atoms with Crippen LogP contribution in [0.2, 0.25) is 0 Å². The molecular weight excluding hydrogens is 294 g/mol. The van der Waals surface area contributed by atoms with Crippen molar-refractivity contribution in [3.05, 3.63) is 16.0 Å². The number of amides is 1. The van der Waals surface area contributed by atoms with Gasteiger partial charge in [-0.05, 0) is 49.8 Å². The molecule has 2 aliphatic rings. The van der Waals surface area contributed by atoms with Crippen LogP contribution in [0.1, 0.15) is 46.5 Å². The van der Waals surface area contributed by atoms with Gasteiger partial charge in [-0.25, -0.2) is 4.79 Å². The highest BCUT2D eigenvalue weighted by molar-refractivity contribution is 8.00. The van der Waals surface area contributed by atoms with E-state index in [2.05, 4.69) is 5.32 Å². The van der Waals surface area contributed by atoms with Crippen molar-refractivity contribution in [2.75, 3.05) is 11.1 Å². The van der Waals surface area contributed by atoms with Crippen molar-refractivity contribution in [3.8, 4) is 0 Å². The number of aromatic carboxylic acids is 1. The molecule has 1 fully saturated rings. The molecule has 1 aromatic rings. The molecule has 0 radical (unpaired) electrons. The van der Waals surface area contributed by atoms with E-state index >= 15 is 0 Å². The van der Waals surface area contributed by atoms with Crippen molar-refractivity contribution in [2.45, 2.75) is 43.8 Å². The maximum absolute atomic E-state index is 12.2. The normalized spacial score (nSPS) is 21.5. The summed E-state index contributed by atoms with van der Waals surface area (Å²) in [5.74, 6) is 0.0672. The number of rotatable bonds is 3. The van der Waals surface area contributed by atoms with Gasteiger partial charge in [-0.1, -0.05) is 0 Å². The van der Waals surface area contributed by atoms with Gasteiger partial charge < -0.3 is 10.4 Å². The predicted molar refractivity (Wildman–Crippen MR) is 82.0 cm³/mol. The lowest BCUT2D eigenvalue weighted by Gasteiger charge is -2.11. The summed E-state index contributed by atoms with van der Waals surface area (Å²) in [4.78, 5) is 24.8. The molecule has 1 atom stereocenters. The first-order chi connectivity index (χ1) is 9.66. The van der Waals surface area contributed by atoms with Gasteiger partial charge in [0.15, 0.2) is 0 Å². The molecule has 2 N–H and O–H groups in total. The molecule has 0 aromatic carbocycles. The van der Waals surface area contributed by atoms with Crippen molar-refractivity contribution in [1.82, 2.24) is 0 Å². The number of hydrogen-bond donors (Lipinski definition) is 2. The molecule has 1 aromatic heterocycles. The molecule has 1 unspecified atom stereocenters. The molecule has 20 heavy (non-hydrogen) atoms. The summed E-state index contributed by atoms with van der Waals surface area (Å²) >= 11 is 3.12. The molecule has 1 aliphatic heterocycles. The van der Waals surface area contributed by atoms with Crippen LogP contribution in [-0.2, 0) is 17.6 Å². The van der Waals surface area contributed by atoms with E-state index in [9.17, 15) is 14.7 Å². The van der Waals surface area contributed by atoms with E-state index < -0.39 is 5.97 Å². The minimum absolute atomic E-state index is 0.0178. The van der Waals surface area contributed by atoms with Crippen molar-refractivity contribution >= 4 is 40.0 Å². The van der Waals surface area contributed by atoms with Crippen LogP contribution in [0.15, 0.2) is 0 Å². The third-order valence-electron chi connectivity index (χ3n) is 3.84. The second kappa shape index (κ2) is 5.77. The van der Waals surface area contributed by atoms with E-state index in [0.29, 0.717) is 10.6 Å². The topological polar surface area (TPSA) is 66.4 Å². The number of thiophene rings is 1. The van der Waals surface area contributed by atoms with E-state index in [-0.39, 0.29) is 11.2 Å². The lowest BCUT2D eigenvalue weighted by molar-refractivity contribution is -0.115. The van der Waals surface area contributed by atoms with E-state index in [0.717, 1.165) is 54.7 Å². The van der Waals surface area contributed by atoms with Crippen molar-refractivity contribution in [3.63, 3.8) is 0 Å². The Bertz CT molecular complexity index is 547. The van der Waals surface area contributed by atoms with Crippen molar-refractivity contribution in [1.29, 1.82) is 0 Å². The molecule has 1 amide bonds. The maximum Gasteiger partial charge on any atom is 0.339 e. The second-order valence-electron chi connectivity index (χ2n) is 5.21. The number of nitrogens with one attached hydrogen (secondary N) is 1. The molecule has 0 saturated carbocycles. The van der Waals surface area contributed by atoms with Gasteiger partial charge in [0, 0.05) is 4.88 Å². The minimum Gasteiger partial charge on any atom is -0.478 e. The molecule has 1 saturated heterocycles. The van der Waals surface area contributed by atoms with E-state index in [4.69, 9.17) is 0 Å². The Balaban J connectivity index is 1.86. The predicted octanol–water partition coefficient (Wildman–Crippen LogP) is 3.16. The summed E-state index contributed by atoms with van der Waals surface area (Å²) in [5.41, 5.74) is 1.28. The number of anilines is 1. The zero-order chi connectivity index (χ0) is 14.1. The SMILES string of the molecule is O=C(O)c1c(NC(=O)C2CCCS2)sc2c1CCCC2. The van der Waals surface area contributed by atoms with E-state index in [1.807, 2.05) is 0 Å². The third-order valence-corrected chi connectivity index (χ3v) is 6.43. The molecule has 0 spiro atoms. The van der Waals surface area contributed by atoms with Crippen molar-refractivity contribution in [2.24, 2.45) is 0 Å². The molecule has 6 heteroatoms. The van der Waals surface area contributed by atoms with Crippen molar-refractivity contribution < 1.29 is 14.7 Å². The highest BCUT2D eigenvalue weighted by Crippen LogP contribution is 2.38. The highest BCUT2D eigenvalue weighted by atomic mass is 32.2. The smallest absolute Gasteiger partial charge is 0.339 e. The zero-order valence-corrected chi connectivity index (χ0v) is 12.7. The average Bonchev–Trinajstić information content (AvgIpc) is 3.05. The van der Waals surface area contributed by atoms with Gasteiger partial charge in [0.05, 0.1) is 10.8 Å². The van der Waals surface area contributed by atoms with Gasteiger partial charge in [-0.3, -0.25) is 4.79 Å². The maximum atomic E-state index is 12.2. The lowest BCUT2D eigenvalue weighted by atomic mass is 9.95. The summed E-state index contributed by atoms with van der Waals surface area (Å²) in [6.07, 6.45) is 5.86. The lowest BCUT2D eigenvalue weighted by Crippen LogP contribution is -2.23. The fraction of sp³-hybridized carbons (Fsp3) is 0.571. The first kappa shape index (κ1) is 13.9. The third kappa shape index (κ3) is 2.59. The molecular formula is C14H17NO3S2. The Morgan fingerprint density at radius 1 is 1.20 bits per heavy atom. The highest BCUT2D eigenvalue weighted by Gasteiger charge is 2.29. The van der Waals surface area contributed by atoms with Gasteiger partial charge in [0.1, 0.15) is 5.00 Å². The van der Waals surface area contributed by atoms with E-state index in [1.165, 1.54) is 11.3 Å². The van der Waals surface area contributed by atoms with E-state index in [1.54, 1.807) is 11.8 Å². The Hall–Kier alpha value is -1.01. The number of carbonyl (C=O) groups is 2. The van der Waals surface area contributed by atoms with Crippen LogP contribution in [0.25, 0.3) is 0 Å². The molecule has 2 heterocycles. The van der Waals surface area contributed by atoms with Gasteiger partial charge in [0.25, 0.3) is 0 Å². The summed E-state index contributed by atoms with van der Waals surface area (Å²) < 4.78 is 0. The van der Waals surface area contributed by atoms with Crippen LogP contribution in [0.4, 0.5) is 5.00 Å². The van der Waals surface area contributed by atoms with Crippen LogP contribution in [0.5, 0.6) is 0 Å². The Kier molecular flexibility index (Phi) is 4.03. The van der Waals surface area contributed by atoms with Crippen LogP contribution >= 0.6 is 23.1 Å². The fourth-order valence-corrected chi connectivity index (χ4v) is 5.30. The second-order valence-corrected chi connectivity index (χ2v) is 7.63. The largest absolute Gasteiger partial charge is 0.478 e. The number of carbonyl (C=O) groups excluding carboxylic acids is 1. The number of fused-ring (bicyclic) bond motifs is 1. The Morgan fingerprint density at radius 3 is 2.70 bits per heavy atom. The first-order valence-corrected chi connectivity index (χ1v) is 8.83. The van der Waals surface area contributed by atoms with Gasteiger partial charge in [0.2, 0.25) is 5.91 Å². The monoisotopic (exact) mass is 311 g/mol. The number of carboxylic acid groups (broad SMARTS) is 1. The van der Waals surface area contributed by atoms with Crippen LogP contribution < -0.4 is 5.32 Å². The number of hydrogen-bond acceptors (Lipinski definition) is 4. The molecule has 1 aliphatic carbocycles. The molecule has 4 nitrogen and oxygen atoms in total. The number of thioether (sulfide) groups is 1. The fourth-order valence-electron chi connectivity index (χ4n) is 2.86. The minimum atomic E-state index is -0.918. The van der Waals surface area contributed by atoms with Gasteiger partial charge in [-0.2, -0.15) is 0 Å². The quantitative estimate of drug-likeness (QED) is 0.900. The van der Waals surface area contributed by atoms with Crippen LogP contribution in [0.3, 0.4) is 0 Å². The van der Waals surface area contributed by atoms with Gasteiger partial charge in [-0.15, -0.1) is 23.1 Å². The number of carboxylic acids is 1.